The standard InChI is InChI=1S/C14H26N2O3/c1-2-3-8-16-13(17)10-15-9-11-6-4-5-7-12(11)14(18)19/h11-12,15H,2-10H2,1H3,(H,16,17)(H,18,19). The van der Waals surface area contributed by atoms with Gasteiger partial charge in [-0.15, -0.1) is 0 Å². The van der Waals surface area contributed by atoms with Gasteiger partial charge in [0.25, 0.3) is 0 Å². The van der Waals surface area contributed by atoms with Gasteiger partial charge in [-0.1, -0.05) is 26.2 Å². The van der Waals surface area contributed by atoms with Gasteiger partial charge in [-0.05, 0) is 31.7 Å². The molecule has 1 amide bonds. The summed E-state index contributed by atoms with van der Waals surface area (Å²) in [4.78, 5) is 22.6. The lowest BCUT2D eigenvalue weighted by atomic mass is 9.79. The maximum atomic E-state index is 11.5. The van der Waals surface area contributed by atoms with Crippen molar-refractivity contribution in [1.29, 1.82) is 0 Å². The van der Waals surface area contributed by atoms with Crippen molar-refractivity contribution < 1.29 is 14.7 Å². The van der Waals surface area contributed by atoms with Crippen molar-refractivity contribution in [2.75, 3.05) is 19.6 Å². The van der Waals surface area contributed by atoms with E-state index in [1.807, 2.05) is 0 Å². The molecular weight excluding hydrogens is 244 g/mol. The Morgan fingerprint density at radius 1 is 1.26 bits per heavy atom. The van der Waals surface area contributed by atoms with Crippen molar-refractivity contribution >= 4 is 11.9 Å². The van der Waals surface area contributed by atoms with E-state index >= 15 is 0 Å². The number of hydrogen-bond donors (Lipinski definition) is 3. The van der Waals surface area contributed by atoms with Gasteiger partial charge >= 0.3 is 5.97 Å². The van der Waals surface area contributed by atoms with E-state index < -0.39 is 5.97 Å². The summed E-state index contributed by atoms with van der Waals surface area (Å²) >= 11 is 0. The van der Waals surface area contributed by atoms with Crippen LogP contribution in [0.25, 0.3) is 0 Å². The van der Waals surface area contributed by atoms with Gasteiger partial charge in [-0.25, -0.2) is 0 Å². The van der Waals surface area contributed by atoms with Crippen LogP contribution in [0.5, 0.6) is 0 Å². The molecule has 1 rings (SSSR count). The number of aliphatic carboxylic acids is 1. The molecule has 0 saturated heterocycles. The number of carboxylic acids is 1. The van der Waals surface area contributed by atoms with Crippen molar-refractivity contribution in [2.24, 2.45) is 11.8 Å². The molecule has 5 heteroatoms. The lowest BCUT2D eigenvalue weighted by Crippen LogP contribution is -2.39. The Hall–Kier alpha value is -1.10. The van der Waals surface area contributed by atoms with Gasteiger partial charge in [0, 0.05) is 6.54 Å². The summed E-state index contributed by atoms with van der Waals surface area (Å²) < 4.78 is 0. The summed E-state index contributed by atoms with van der Waals surface area (Å²) in [7, 11) is 0. The van der Waals surface area contributed by atoms with Crippen LogP contribution in [0.1, 0.15) is 45.4 Å². The maximum absolute atomic E-state index is 11.5. The molecule has 0 aromatic rings. The SMILES string of the molecule is CCCCNC(=O)CNCC1CCCCC1C(=O)O. The highest BCUT2D eigenvalue weighted by Crippen LogP contribution is 2.29. The molecule has 1 aliphatic rings. The summed E-state index contributed by atoms with van der Waals surface area (Å²) in [5.74, 6) is -0.783. The number of carbonyl (C=O) groups is 2. The summed E-state index contributed by atoms with van der Waals surface area (Å²) in [6.45, 7) is 3.71. The van der Waals surface area contributed by atoms with Crippen LogP contribution in [0.15, 0.2) is 0 Å². The Kier molecular flexibility index (Phi) is 7.48. The Bertz CT molecular complexity index is 294. The molecule has 0 aliphatic heterocycles. The minimum atomic E-state index is -0.695. The van der Waals surface area contributed by atoms with Crippen LogP contribution in [0, 0.1) is 11.8 Å². The number of carbonyl (C=O) groups excluding carboxylic acids is 1. The molecule has 1 fully saturated rings. The van der Waals surface area contributed by atoms with Crippen LogP contribution in [-0.4, -0.2) is 36.6 Å². The molecule has 2 unspecified atom stereocenters. The van der Waals surface area contributed by atoms with Crippen molar-refractivity contribution in [3.8, 4) is 0 Å². The second-order valence-corrected chi connectivity index (χ2v) is 5.32. The molecule has 0 spiro atoms. The van der Waals surface area contributed by atoms with E-state index in [-0.39, 0.29) is 24.3 Å². The zero-order chi connectivity index (χ0) is 14.1. The quantitative estimate of drug-likeness (QED) is 0.582. The minimum Gasteiger partial charge on any atom is -0.481 e. The lowest BCUT2D eigenvalue weighted by Gasteiger charge is -2.28. The molecule has 3 N–H and O–H groups in total. The molecule has 110 valence electrons. The number of carboxylic acid groups (broad SMARTS) is 1. The second-order valence-electron chi connectivity index (χ2n) is 5.32. The van der Waals surface area contributed by atoms with Gasteiger partial charge < -0.3 is 15.7 Å². The van der Waals surface area contributed by atoms with Crippen molar-refractivity contribution in [3.05, 3.63) is 0 Å². The van der Waals surface area contributed by atoms with E-state index in [1.165, 1.54) is 0 Å². The average Bonchev–Trinajstić information content (AvgIpc) is 2.39. The molecule has 2 atom stereocenters. The lowest BCUT2D eigenvalue weighted by molar-refractivity contribution is -0.144. The number of nitrogens with one attached hydrogen (secondary N) is 2. The average molecular weight is 270 g/mol. The first kappa shape index (κ1) is 16.0. The molecule has 1 aliphatic carbocycles. The third-order valence-electron chi connectivity index (χ3n) is 3.77. The Morgan fingerprint density at radius 2 is 2.00 bits per heavy atom. The number of hydrogen-bond acceptors (Lipinski definition) is 3. The first-order valence-electron chi connectivity index (χ1n) is 7.35. The van der Waals surface area contributed by atoms with Crippen LogP contribution in [0.4, 0.5) is 0 Å². The fourth-order valence-corrected chi connectivity index (χ4v) is 2.62. The molecule has 0 bridgehead atoms. The topological polar surface area (TPSA) is 78.4 Å². The zero-order valence-corrected chi connectivity index (χ0v) is 11.8. The maximum Gasteiger partial charge on any atom is 0.306 e. The highest BCUT2D eigenvalue weighted by atomic mass is 16.4. The van der Waals surface area contributed by atoms with Crippen LogP contribution >= 0.6 is 0 Å². The van der Waals surface area contributed by atoms with E-state index in [0.717, 1.165) is 45.1 Å². The predicted octanol–water partition coefficient (Wildman–Crippen LogP) is 1.38. The summed E-state index contributed by atoms with van der Waals surface area (Å²) in [6, 6.07) is 0. The van der Waals surface area contributed by atoms with E-state index in [1.54, 1.807) is 0 Å². The second kappa shape index (κ2) is 8.91. The molecule has 5 nitrogen and oxygen atoms in total. The third kappa shape index (κ3) is 6.05. The van der Waals surface area contributed by atoms with Gasteiger partial charge in [-0.3, -0.25) is 9.59 Å². The molecule has 19 heavy (non-hydrogen) atoms. The summed E-state index contributed by atoms with van der Waals surface area (Å²) in [5.41, 5.74) is 0. The van der Waals surface area contributed by atoms with Gasteiger partial charge in [-0.2, -0.15) is 0 Å². The van der Waals surface area contributed by atoms with E-state index in [4.69, 9.17) is 5.11 Å². The number of amides is 1. The monoisotopic (exact) mass is 270 g/mol. The third-order valence-corrected chi connectivity index (χ3v) is 3.77. The molecule has 0 radical (unpaired) electrons. The summed E-state index contributed by atoms with van der Waals surface area (Å²) in [6.07, 6.45) is 5.88. The van der Waals surface area contributed by atoms with E-state index in [2.05, 4.69) is 17.6 Å². The fraction of sp³-hybridized carbons (Fsp3) is 0.857. The highest BCUT2D eigenvalue weighted by Gasteiger charge is 2.30. The predicted molar refractivity (Wildman–Crippen MR) is 73.9 cm³/mol. The van der Waals surface area contributed by atoms with Crippen molar-refractivity contribution in [1.82, 2.24) is 10.6 Å². The minimum absolute atomic E-state index is 0.00358. The molecular formula is C14H26N2O3. The van der Waals surface area contributed by atoms with Gasteiger partial charge in [0.05, 0.1) is 12.5 Å². The van der Waals surface area contributed by atoms with Gasteiger partial charge in [0.15, 0.2) is 0 Å². The number of rotatable bonds is 8. The Balaban J connectivity index is 2.19. The normalized spacial score (nSPS) is 23.0. The molecule has 0 heterocycles. The highest BCUT2D eigenvalue weighted by molar-refractivity contribution is 5.77. The van der Waals surface area contributed by atoms with Crippen LogP contribution in [-0.2, 0) is 9.59 Å². The van der Waals surface area contributed by atoms with Crippen molar-refractivity contribution in [3.63, 3.8) is 0 Å². The Labute approximate surface area is 115 Å². The smallest absolute Gasteiger partial charge is 0.306 e. The van der Waals surface area contributed by atoms with Crippen LogP contribution in [0.2, 0.25) is 0 Å². The van der Waals surface area contributed by atoms with E-state index in [0.29, 0.717) is 6.54 Å². The zero-order valence-electron chi connectivity index (χ0n) is 11.8. The van der Waals surface area contributed by atoms with Gasteiger partial charge in [0.2, 0.25) is 5.91 Å². The summed E-state index contributed by atoms with van der Waals surface area (Å²) in [5, 5.41) is 15.1. The first-order chi connectivity index (χ1) is 9.15. The Morgan fingerprint density at radius 3 is 2.68 bits per heavy atom. The molecule has 0 aromatic carbocycles. The van der Waals surface area contributed by atoms with Crippen molar-refractivity contribution in [2.45, 2.75) is 45.4 Å². The fourth-order valence-electron chi connectivity index (χ4n) is 2.62. The van der Waals surface area contributed by atoms with E-state index in [9.17, 15) is 9.59 Å². The first-order valence-corrected chi connectivity index (χ1v) is 7.35. The van der Waals surface area contributed by atoms with Crippen LogP contribution < -0.4 is 10.6 Å². The molecule has 0 aromatic heterocycles. The largest absolute Gasteiger partial charge is 0.481 e. The van der Waals surface area contributed by atoms with Crippen LogP contribution in [0.3, 0.4) is 0 Å². The number of unbranched alkanes of at least 4 members (excludes halogenated alkanes) is 1. The molecule has 1 saturated carbocycles. The van der Waals surface area contributed by atoms with Gasteiger partial charge in [0.1, 0.15) is 0 Å².